The van der Waals surface area contributed by atoms with E-state index in [0.29, 0.717) is 23.3 Å². The number of amides is 1. The zero-order valence-corrected chi connectivity index (χ0v) is 20.4. The first-order chi connectivity index (χ1) is 17.1. The van der Waals surface area contributed by atoms with Crippen LogP contribution in [0.4, 0.5) is 5.82 Å². The molecule has 0 atom stereocenters. The lowest BCUT2D eigenvalue weighted by atomic mass is 10.1. The first-order valence-corrected chi connectivity index (χ1v) is 12.6. The zero-order valence-electron chi connectivity index (χ0n) is 19.6. The van der Waals surface area contributed by atoms with Crippen LogP contribution >= 0.6 is 11.8 Å². The SMILES string of the molecule is CCSc1nc(N2CCCC2)c2cnn(CCNC(=O)c3cc4cccc(OC)c4oc3=O)c2n1. The van der Waals surface area contributed by atoms with E-state index in [1.165, 1.54) is 13.2 Å². The fourth-order valence-electron chi connectivity index (χ4n) is 4.26. The number of anilines is 1. The molecule has 0 bridgehead atoms. The largest absolute Gasteiger partial charge is 0.493 e. The van der Waals surface area contributed by atoms with E-state index >= 15 is 0 Å². The van der Waals surface area contributed by atoms with Crippen molar-refractivity contribution >= 4 is 45.5 Å². The van der Waals surface area contributed by atoms with Crippen LogP contribution in [-0.2, 0) is 6.54 Å². The van der Waals surface area contributed by atoms with Crippen molar-refractivity contribution in [2.45, 2.75) is 31.5 Å². The van der Waals surface area contributed by atoms with Crippen molar-refractivity contribution in [3.05, 3.63) is 46.4 Å². The molecule has 0 aliphatic carbocycles. The Hall–Kier alpha value is -3.60. The van der Waals surface area contributed by atoms with Crippen LogP contribution in [0.3, 0.4) is 0 Å². The van der Waals surface area contributed by atoms with Crippen molar-refractivity contribution < 1.29 is 13.9 Å². The monoisotopic (exact) mass is 494 g/mol. The van der Waals surface area contributed by atoms with E-state index in [0.717, 1.165) is 53.7 Å². The maximum absolute atomic E-state index is 12.8. The fraction of sp³-hybridized carbons (Fsp3) is 0.375. The Kier molecular flexibility index (Phi) is 6.58. The summed E-state index contributed by atoms with van der Waals surface area (Å²) in [5.41, 5.74) is 0.280. The summed E-state index contributed by atoms with van der Waals surface area (Å²) < 4.78 is 12.4. The second-order valence-corrected chi connectivity index (χ2v) is 9.38. The Morgan fingerprint density at radius 2 is 2.09 bits per heavy atom. The molecule has 1 fully saturated rings. The van der Waals surface area contributed by atoms with E-state index in [1.54, 1.807) is 40.8 Å². The predicted octanol–water partition coefficient (Wildman–Crippen LogP) is 3.08. The van der Waals surface area contributed by atoms with E-state index in [-0.39, 0.29) is 12.1 Å². The number of carbonyl (C=O) groups excluding carboxylic acids is 1. The molecule has 5 rings (SSSR count). The van der Waals surface area contributed by atoms with E-state index in [9.17, 15) is 9.59 Å². The van der Waals surface area contributed by atoms with Crippen molar-refractivity contribution in [3.8, 4) is 5.75 Å². The van der Waals surface area contributed by atoms with Crippen LogP contribution in [0.25, 0.3) is 22.0 Å². The molecule has 1 aromatic carbocycles. The summed E-state index contributed by atoms with van der Waals surface area (Å²) in [5, 5.41) is 9.54. The molecule has 11 heteroatoms. The highest BCUT2D eigenvalue weighted by atomic mass is 32.2. The van der Waals surface area contributed by atoms with Crippen LogP contribution in [0, 0.1) is 0 Å². The molecule has 3 aromatic heterocycles. The van der Waals surface area contributed by atoms with Crippen molar-refractivity contribution in [1.29, 1.82) is 0 Å². The van der Waals surface area contributed by atoms with Crippen LogP contribution in [0.15, 0.2) is 44.8 Å². The number of fused-ring (bicyclic) bond motifs is 2. The number of hydrogen-bond donors (Lipinski definition) is 1. The van der Waals surface area contributed by atoms with Crippen molar-refractivity contribution in [2.75, 3.05) is 37.4 Å². The van der Waals surface area contributed by atoms with Gasteiger partial charge in [-0.1, -0.05) is 30.8 Å². The standard InChI is InChI=1S/C24H26N6O4S/c1-3-35-24-27-20(29-10-4-5-11-29)17-14-26-30(21(17)28-24)12-9-25-22(31)16-13-15-7-6-8-18(33-2)19(15)34-23(16)32/h6-8,13-14H,3-5,9-12H2,1-2H3,(H,25,31). The van der Waals surface area contributed by atoms with Crippen molar-refractivity contribution in [2.24, 2.45) is 0 Å². The van der Waals surface area contributed by atoms with E-state index in [4.69, 9.17) is 19.1 Å². The first-order valence-electron chi connectivity index (χ1n) is 11.6. The van der Waals surface area contributed by atoms with Gasteiger partial charge in [0, 0.05) is 25.0 Å². The van der Waals surface area contributed by atoms with E-state index in [2.05, 4.69) is 22.2 Å². The quantitative estimate of drug-likeness (QED) is 0.224. The third-order valence-corrected chi connectivity index (χ3v) is 6.66. The molecular weight excluding hydrogens is 468 g/mol. The van der Waals surface area contributed by atoms with E-state index in [1.807, 2.05) is 0 Å². The minimum Gasteiger partial charge on any atom is -0.493 e. The topological polar surface area (TPSA) is 115 Å². The molecular formula is C24H26N6O4S. The second-order valence-electron chi connectivity index (χ2n) is 8.14. The molecule has 0 saturated carbocycles. The Bertz CT molecular complexity index is 1440. The normalized spacial score (nSPS) is 13.6. The van der Waals surface area contributed by atoms with Crippen LogP contribution in [0.5, 0.6) is 5.75 Å². The molecule has 0 unspecified atom stereocenters. The Morgan fingerprint density at radius 3 is 2.86 bits per heavy atom. The lowest BCUT2D eigenvalue weighted by Crippen LogP contribution is -2.31. The number of para-hydroxylation sites is 1. The molecule has 4 heterocycles. The van der Waals surface area contributed by atoms with Gasteiger partial charge in [-0.05, 0) is 30.7 Å². The average molecular weight is 495 g/mol. The lowest BCUT2D eigenvalue weighted by molar-refractivity contribution is 0.0948. The number of aromatic nitrogens is 4. The van der Waals surface area contributed by atoms with Gasteiger partial charge < -0.3 is 19.4 Å². The van der Waals surface area contributed by atoms with Crippen LogP contribution < -0.4 is 20.6 Å². The molecule has 35 heavy (non-hydrogen) atoms. The van der Waals surface area contributed by atoms with Gasteiger partial charge in [0.25, 0.3) is 5.91 Å². The van der Waals surface area contributed by atoms with Crippen molar-refractivity contribution in [1.82, 2.24) is 25.1 Å². The van der Waals surface area contributed by atoms with Gasteiger partial charge in [-0.3, -0.25) is 4.79 Å². The highest BCUT2D eigenvalue weighted by molar-refractivity contribution is 7.99. The highest BCUT2D eigenvalue weighted by Crippen LogP contribution is 2.29. The molecule has 182 valence electrons. The van der Waals surface area contributed by atoms with Gasteiger partial charge in [-0.25, -0.2) is 19.4 Å². The van der Waals surface area contributed by atoms with Gasteiger partial charge >= 0.3 is 5.63 Å². The highest BCUT2D eigenvalue weighted by Gasteiger charge is 2.21. The van der Waals surface area contributed by atoms with Crippen molar-refractivity contribution in [3.63, 3.8) is 0 Å². The molecule has 1 aliphatic rings. The Balaban J connectivity index is 1.35. The third-order valence-electron chi connectivity index (χ3n) is 5.93. The molecule has 1 amide bonds. The summed E-state index contributed by atoms with van der Waals surface area (Å²) in [6.45, 7) is 4.69. The predicted molar refractivity (Wildman–Crippen MR) is 135 cm³/mol. The number of thioether (sulfide) groups is 1. The smallest absolute Gasteiger partial charge is 0.349 e. The van der Waals surface area contributed by atoms with Gasteiger partial charge in [0.15, 0.2) is 22.1 Å². The molecule has 1 saturated heterocycles. The molecule has 10 nitrogen and oxygen atoms in total. The van der Waals surface area contributed by atoms with E-state index < -0.39 is 11.5 Å². The Morgan fingerprint density at radius 1 is 1.26 bits per heavy atom. The number of rotatable bonds is 8. The summed E-state index contributed by atoms with van der Waals surface area (Å²) in [5.74, 6) is 1.72. The van der Waals surface area contributed by atoms with Crippen LogP contribution in [0.1, 0.15) is 30.1 Å². The van der Waals surface area contributed by atoms with Gasteiger partial charge in [0.2, 0.25) is 0 Å². The lowest BCUT2D eigenvalue weighted by Gasteiger charge is -2.17. The third kappa shape index (κ3) is 4.55. The summed E-state index contributed by atoms with van der Waals surface area (Å²) >= 11 is 1.59. The summed E-state index contributed by atoms with van der Waals surface area (Å²) in [6.07, 6.45) is 4.09. The van der Waals surface area contributed by atoms with Gasteiger partial charge in [0.05, 0.1) is 25.2 Å². The van der Waals surface area contributed by atoms with Gasteiger partial charge in [-0.15, -0.1) is 0 Å². The number of hydrogen-bond acceptors (Lipinski definition) is 9. The first kappa shape index (κ1) is 23.2. The number of benzene rings is 1. The average Bonchev–Trinajstić information content (AvgIpc) is 3.54. The number of nitrogens with zero attached hydrogens (tertiary/aromatic N) is 5. The number of carbonyl (C=O) groups is 1. The zero-order chi connectivity index (χ0) is 24.4. The minimum atomic E-state index is -0.715. The number of methoxy groups -OCH3 is 1. The number of ether oxygens (including phenoxy) is 1. The van der Waals surface area contributed by atoms with Crippen LogP contribution in [0.2, 0.25) is 0 Å². The maximum atomic E-state index is 12.8. The van der Waals surface area contributed by atoms with Gasteiger partial charge in [-0.2, -0.15) is 5.10 Å². The Labute approximate surface area is 205 Å². The summed E-state index contributed by atoms with van der Waals surface area (Å²) in [6, 6.07) is 6.75. The minimum absolute atomic E-state index is 0.0589. The summed E-state index contributed by atoms with van der Waals surface area (Å²) in [7, 11) is 1.50. The molecule has 4 aromatic rings. The molecule has 1 N–H and O–H groups in total. The molecule has 0 radical (unpaired) electrons. The summed E-state index contributed by atoms with van der Waals surface area (Å²) in [4.78, 5) is 37.0. The second kappa shape index (κ2) is 9.95. The molecule has 0 spiro atoms. The fourth-order valence-corrected chi connectivity index (χ4v) is 4.82. The number of nitrogens with one attached hydrogen (secondary N) is 1. The van der Waals surface area contributed by atoms with Crippen LogP contribution in [-0.4, -0.2) is 58.2 Å². The maximum Gasteiger partial charge on any atom is 0.349 e. The molecule has 1 aliphatic heterocycles. The van der Waals surface area contributed by atoms with Gasteiger partial charge in [0.1, 0.15) is 11.4 Å².